The third-order valence-electron chi connectivity index (χ3n) is 6.59. The Balaban J connectivity index is 1.65. The van der Waals surface area contributed by atoms with Gasteiger partial charge in [-0.05, 0) is 61.0 Å². The average Bonchev–Trinajstić information content (AvgIpc) is 3.50. The highest BCUT2D eigenvalue weighted by Gasteiger charge is 2.30. The minimum atomic E-state index is -0.479. The molecular weight excluding hydrogens is 597 g/mol. The minimum absolute atomic E-state index is 0.0250. The highest BCUT2D eigenvalue weighted by Crippen LogP contribution is 2.29. The molecule has 0 radical (unpaired) electrons. The number of ether oxygens (including phenoxy) is 1. The zero-order chi connectivity index (χ0) is 26.6. The number of aromatic nitrogens is 1. The largest absolute Gasteiger partial charge is 0.443 e. The summed E-state index contributed by atoms with van der Waals surface area (Å²) in [5.41, 5.74) is 13.2. The molecule has 2 aliphatic heterocycles. The molecule has 7 nitrogen and oxygen atoms in total. The first kappa shape index (κ1) is 27.4. The van der Waals surface area contributed by atoms with E-state index >= 15 is 0 Å². The molecule has 0 unspecified atom stereocenters. The van der Waals surface area contributed by atoms with Crippen LogP contribution in [0.1, 0.15) is 52.5 Å². The molecule has 0 saturated carbocycles. The van der Waals surface area contributed by atoms with Crippen LogP contribution >= 0.6 is 32.1 Å². The lowest BCUT2D eigenvalue weighted by molar-refractivity contribution is 0.0151. The van der Waals surface area contributed by atoms with Gasteiger partial charge in [-0.3, -0.25) is 9.98 Å². The topological polar surface area (TPSA) is 93.2 Å². The monoisotopic (exact) mass is 631 g/mol. The first-order valence-corrected chi connectivity index (χ1v) is 15.9. The first-order chi connectivity index (χ1) is 17.7. The Morgan fingerprint density at radius 3 is 2.97 bits per heavy atom. The Bertz CT molecular complexity index is 1350. The fourth-order valence-corrected chi connectivity index (χ4v) is 6.01. The molecule has 37 heavy (non-hydrogen) atoms. The van der Waals surface area contributed by atoms with Crippen molar-refractivity contribution in [1.29, 1.82) is 0 Å². The number of thiazole rings is 1. The molecular formula is C28H34IN5O2S. The second-order valence-corrected chi connectivity index (χ2v) is 12.9. The molecule has 3 heterocycles. The summed E-state index contributed by atoms with van der Waals surface area (Å²) in [6.45, 7) is 9.05. The molecule has 2 aliphatic rings. The van der Waals surface area contributed by atoms with Crippen LogP contribution in [0.3, 0.4) is 0 Å². The van der Waals surface area contributed by atoms with Gasteiger partial charge in [0.2, 0.25) is 0 Å². The summed E-state index contributed by atoms with van der Waals surface area (Å²) in [6, 6.07) is 6.11. The number of carbonyl (C=O) groups is 1. The Hall–Kier alpha value is -2.66. The van der Waals surface area contributed by atoms with Gasteiger partial charge in [0.25, 0.3) is 0 Å². The van der Waals surface area contributed by atoms with E-state index in [0.717, 1.165) is 52.0 Å². The number of fused-ring (bicyclic) bond motifs is 1. The number of hydrogen-bond acceptors (Lipinski definition) is 7. The predicted octanol–water partition coefficient (Wildman–Crippen LogP) is 6.47. The maximum absolute atomic E-state index is 12.6. The third-order valence-corrected chi connectivity index (χ3v) is 9.10. The predicted molar refractivity (Wildman–Crippen MR) is 165 cm³/mol. The van der Waals surface area contributed by atoms with Crippen molar-refractivity contribution in [1.82, 2.24) is 9.88 Å². The fraction of sp³-hybridized carbons (Fsp3) is 0.393. The van der Waals surface area contributed by atoms with Crippen molar-refractivity contribution in [2.24, 2.45) is 15.7 Å². The van der Waals surface area contributed by atoms with Gasteiger partial charge in [0.15, 0.2) is 0 Å². The van der Waals surface area contributed by atoms with Gasteiger partial charge in [-0.15, -0.1) is 11.3 Å². The number of aliphatic imine (C=N–C) groups is 2. The number of nitrogens with two attached hydrogens (primary N) is 1. The standard InChI is InChI=1S/C28H34IN5O2S/c1-6-28(3,4)36-27(35)34-12-11-21(16-34)31-15-22(19-7-9-23-25(14-19)37-17-32-23)26(30)24-10-8-20(29-5)13-18(2)33-24/h7-10,14-15,17,21H,5-6,11-13,16,30H2,1-4H3/t21-/m0/s1. The van der Waals surface area contributed by atoms with Gasteiger partial charge in [0.05, 0.1) is 33.2 Å². The number of hydrogen-bond donors (Lipinski definition) is 1. The van der Waals surface area contributed by atoms with Crippen LogP contribution in [-0.2, 0) is 4.74 Å². The fourth-order valence-electron chi connectivity index (χ4n) is 4.04. The van der Waals surface area contributed by atoms with E-state index in [9.17, 15) is 4.79 Å². The van der Waals surface area contributed by atoms with Gasteiger partial charge in [0.1, 0.15) is 5.60 Å². The van der Waals surface area contributed by atoms with E-state index in [1.54, 1.807) is 16.2 Å². The van der Waals surface area contributed by atoms with Crippen molar-refractivity contribution >= 4 is 70.4 Å². The Morgan fingerprint density at radius 1 is 1.41 bits per heavy atom. The van der Waals surface area contributed by atoms with Gasteiger partial charge < -0.3 is 15.4 Å². The van der Waals surface area contributed by atoms with Crippen LogP contribution in [0.15, 0.2) is 60.8 Å². The molecule has 1 amide bonds. The number of halogens is 1. The van der Waals surface area contributed by atoms with Crippen LogP contribution in [-0.4, -0.2) is 57.2 Å². The van der Waals surface area contributed by atoms with Gasteiger partial charge in [0, 0.05) is 37.0 Å². The van der Waals surface area contributed by atoms with E-state index in [1.165, 1.54) is 3.58 Å². The zero-order valence-electron chi connectivity index (χ0n) is 21.8. The highest BCUT2D eigenvalue weighted by molar-refractivity contribution is 14.2. The first-order valence-electron chi connectivity index (χ1n) is 12.4. The van der Waals surface area contributed by atoms with Crippen molar-refractivity contribution in [2.45, 2.75) is 58.6 Å². The van der Waals surface area contributed by atoms with Crippen molar-refractivity contribution in [2.75, 3.05) is 13.1 Å². The molecule has 1 fully saturated rings. The molecule has 2 N–H and O–H groups in total. The lowest BCUT2D eigenvalue weighted by Gasteiger charge is -2.26. The maximum atomic E-state index is 12.6. The quantitative estimate of drug-likeness (QED) is 0.280. The summed E-state index contributed by atoms with van der Waals surface area (Å²) in [7, 11) is 0. The number of rotatable bonds is 7. The zero-order valence-corrected chi connectivity index (χ0v) is 24.8. The second kappa shape index (κ2) is 11.8. The summed E-state index contributed by atoms with van der Waals surface area (Å²) in [5.74, 6) is 0. The van der Waals surface area contributed by atoms with Crippen LogP contribution in [0.5, 0.6) is 0 Å². The van der Waals surface area contributed by atoms with E-state index in [1.807, 2.05) is 57.6 Å². The lowest BCUT2D eigenvalue weighted by Crippen LogP contribution is -2.36. The van der Waals surface area contributed by atoms with Crippen LogP contribution in [0.4, 0.5) is 4.79 Å². The third kappa shape index (κ3) is 6.81. The maximum Gasteiger partial charge on any atom is 0.410 e. The van der Waals surface area contributed by atoms with Gasteiger partial charge >= 0.3 is 6.09 Å². The second-order valence-electron chi connectivity index (χ2n) is 9.83. The van der Waals surface area contributed by atoms with Gasteiger partial charge in [-0.1, -0.05) is 44.3 Å². The number of amides is 1. The lowest BCUT2D eigenvalue weighted by atomic mass is 10.0. The average molecular weight is 632 g/mol. The van der Waals surface area contributed by atoms with E-state index in [0.29, 0.717) is 18.8 Å². The van der Waals surface area contributed by atoms with Crippen molar-refractivity contribution in [3.63, 3.8) is 0 Å². The van der Waals surface area contributed by atoms with Crippen molar-refractivity contribution < 1.29 is 9.53 Å². The van der Waals surface area contributed by atoms with E-state index in [4.69, 9.17) is 20.5 Å². The van der Waals surface area contributed by atoms with Gasteiger partial charge in [-0.25, -0.2) is 9.78 Å². The van der Waals surface area contributed by atoms with E-state index in [-0.39, 0.29) is 32.9 Å². The normalized spacial score (nSPS) is 19.4. The molecule has 0 bridgehead atoms. The van der Waals surface area contributed by atoms with Crippen LogP contribution in [0.25, 0.3) is 15.8 Å². The molecule has 9 heteroatoms. The molecule has 1 atom stereocenters. The van der Waals surface area contributed by atoms with Crippen LogP contribution in [0.2, 0.25) is 0 Å². The molecule has 1 aromatic heterocycles. The summed E-state index contributed by atoms with van der Waals surface area (Å²) >= 11 is 1.34. The van der Waals surface area contributed by atoms with Crippen molar-refractivity contribution in [3.8, 4) is 0 Å². The Kier molecular flexibility index (Phi) is 8.74. The molecule has 1 saturated heterocycles. The van der Waals surface area contributed by atoms with E-state index in [2.05, 4.69) is 21.6 Å². The molecule has 196 valence electrons. The van der Waals surface area contributed by atoms with Crippen molar-refractivity contribution in [3.05, 3.63) is 56.4 Å². The summed E-state index contributed by atoms with van der Waals surface area (Å²) in [4.78, 5) is 28.5. The Morgan fingerprint density at radius 2 is 2.22 bits per heavy atom. The number of likely N-dealkylation sites (tertiary alicyclic amines) is 1. The number of benzene rings is 1. The van der Waals surface area contributed by atoms with Crippen LogP contribution in [0, 0.1) is 0 Å². The van der Waals surface area contributed by atoms with Crippen LogP contribution < -0.4 is 5.73 Å². The molecule has 2 aromatic rings. The number of allylic oxidation sites excluding steroid dienone is 4. The van der Waals surface area contributed by atoms with Gasteiger partial charge in [-0.2, -0.15) is 0 Å². The number of nitrogens with zero attached hydrogens (tertiary/aromatic N) is 4. The minimum Gasteiger partial charge on any atom is -0.443 e. The van der Waals surface area contributed by atoms with E-state index < -0.39 is 5.60 Å². The molecule has 1 aromatic carbocycles. The molecule has 0 spiro atoms. The SMILES string of the molecule is C=IC1=CC=C(C(N)=C(C=N[C@H]2CCN(C(=O)OC(C)(C)CC)C2)c2ccc3ncsc3c2)N=C(C)C1. The summed E-state index contributed by atoms with van der Waals surface area (Å²) in [5, 5.41) is 0. The summed E-state index contributed by atoms with van der Waals surface area (Å²) in [6.07, 6.45) is 8.05. The number of carbonyl (C=O) groups excluding carboxylic acids is 1. The highest BCUT2D eigenvalue weighted by atomic mass is 127. The molecule has 4 rings (SSSR count). The molecule has 0 aliphatic carbocycles. The Labute approximate surface area is 232 Å². The smallest absolute Gasteiger partial charge is 0.410 e. The summed E-state index contributed by atoms with van der Waals surface area (Å²) < 4.78 is 12.2.